The maximum atomic E-state index is 12.3. The average Bonchev–Trinajstić information content (AvgIpc) is 3.00. The summed E-state index contributed by atoms with van der Waals surface area (Å²) in [5.74, 6) is -2.31. The summed E-state index contributed by atoms with van der Waals surface area (Å²) in [6, 6.07) is -0.663. The lowest BCUT2D eigenvalue weighted by atomic mass is 9.77. The number of likely N-dealkylation sites (tertiary alicyclic amines) is 1. The molecule has 5 unspecified atom stereocenters. The number of fused-ring (bicyclic) bond motifs is 1. The van der Waals surface area contributed by atoms with Crippen LogP contribution in [-0.2, 0) is 19.8 Å². The molecule has 0 aromatic rings. The van der Waals surface area contributed by atoms with E-state index in [9.17, 15) is 28.2 Å². The molecule has 0 aromatic carbocycles. The summed E-state index contributed by atoms with van der Waals surface area (Å²) < 4.78 is 24.7. The minimum Gasteiger partial charge on any atom is -0.477 e. The molecule has 3 rings (SSSR count). The number of aliphatic carboxylic acids is 1. The van der Waals surface area contributed by atoms with Crippen molar-refractivity contribution in [2.75, 3.05) is 19.6 Å². The van der Waals surface area contributed by atoms with E-state index in [2.05, 4.69) is 4.72 Å². The Labute approximate surface area is 151 Å². The lowest BCUT2D eigenvalue weighted by molar-refractivity contribution is -0.163. The second-order valence-electron chi connectivity index (χ2n) is 7.32. The van der Waals surface area contributed by atoms with Crippen LogP contribution in [0.1, 0.15) is 20.3 Å². The Kier molecular flexibility index (Phi) is 4.86. The summed E-state index contributed by atoms with van der Waals surface area (Å²) in [4.78, 5) is 27.3. The van der Waals surface area contributed by atoms with Gasteiger partial charge in [-0.25, -0.2) is 9.93 Å². The van der Waals surface area contributed by atoms with Crippen LogP contribution in [0.4, 0.5) is 0 Å². The Hall–Kier alpha value is -1.53. The normalized spacial score (nSPS) is 33.4. The summed E-state index contributed by atoms with van der Waals surface area (Å²) in [7, 11) is -3.79. The number of aliphatic hydroxyl groups is 1. The molecule has 5 N–H and O–H groups in total. The van der Waals surface area contributed by atoms with E-state index in [0.717, 1.165) is 0 Å². The van der Waals surface area contributed by atoms with Crippen molar-refractivity contribution in [1.82, 2.24) is 14.5 Å². The number of nitrogens with two attached hydrogens (primary N) is 1. The topological polar surface area (TPSA) is 153 Å². The van der Waals surface area contributed by atoms with Crippen LogP contribution in [-0.4, -0.2) is 78.1 Å². The first-order valence-electron chi connectivity index (χ1n) is 8.51. The van der Waals surface area contributed by atoms with Gasteiger partial charge in [-0.2, -0.15) is 13.1 Å². The fourth-order valence-corrected chi connectivity index (χ4v) is 5.06. The molecule has 5 atom stereocenters. The molecule has 2 fully saturated rings. The van der Waals surface area contributed by atoms with E-state index in [1.807, 2.05) is 11.8 Å². The van der Waals surface area contributed by atoms with Gasteiger partial charge in [0.05, 0.1) is 18.1 Å². The Morgan fingerprint density at radius 2 is 2.12 bits per heavy atom. The monoisotopic (exact) mass is 388 g/mol. The number of aliphatic hydroxyl groups excluding tert-OH is 1. The minimum atomic E-state index is -3.79. The lowest BCUT2D eigenvalue weighted by Gasteiger charge is -2.46. The quantitative estimate of drug-likeness (QED) is 0.386. The average molecular weight is 388 g/mol. The van der Waals surface area contributed by atoms with Crippen molar-refractivity contribution in [2.24, 2.45) is 17.0 Å². The van der Waals surface area contributed by atoms with E-state index in [4.69, 9.17) is 5.14 Å². The third-order valence-electron chi connectivity index (χ3n) is 5.52. The van der Waals surface area contributed by atoms with Gasteiger partial charge in [-0.15, -0.1) is 0 Å². The predicted octanol–water partition coefficient (Wildman–Crippen LogP) is -1.95. The summed E-state index contributed by atoms with van der Waals surface area (Å²) in [6.45, 7) is 4.74. The molecule has 3 aliphatic rings. The lowest BCUT2D eigenvalue weighted by Crippen LogP contribution is -2.63. The maximum Gasteiger partial charge on any atom is 0.352 e. The molecule has 10 nitrogen and oxygen atoms in total. The van der Waals surface area contributed by atoms with E-state index < -0.39 is 28.2 Å². The maximum absolute atomic E-state index is 12.3. The molecule has 2 saturated heterocycles. The summed E-state index contributed by atoms with van der Waals surface area (Å²) >= 11 is 0. The van der Waals surface area contributed by atoms with Gasteiger partial charge in [-0.1, -0.05) is 6.92 Å². The third-order valence-corrected chi connectivity index (χ3v) is 6.18. The molecular weight excluding hydrogens is 364 g/mol. The van der Waals surface area contributed by atoms with Gasteiger partial charge >= 0.3 is 5.97 Å². The van der Waals surface area contributed by atoms with Gasteiger partial charge in [0, 0.05) is 31.6 Å². The van der Waals surface area contributed by atoms with Gasteiger partial charge in [-0.3, -0.25) is 9.69 Å². The van der Waals surface area contributed by atoms with E-state index in [1.54, 1.807) is 0 Å². The van der Waals surface area contributed by atoms with Crippen molar-refractivity contribution in [2.45, 2.75) is 38.5 Å². The number of carboxylic acid groups (broad SMARTS) is 1. The second kappa shape index (κ2) is 6.57. The van der Waals surface area contributed by atoms with Crippen LogP contribution in [0.2, 0.25) is 0 Å². The van der Waals surface area contributed by atoms with Crippen molar-refractivity contribution in [3.05, 3.63) is 11.3 Å². The van der Waals surface area contributed by atoms with Crippen molar-refractivity contribution in [1.29, 1.82) is 0 Å². The van der Waals surface area contributed by atoms with Crippen LogP contribution < -0.4 is 9.86 Å². The van der Waals surface area contributed by atoms with Gasteiger partial charge in [0.1, 0.15) is 5.70 Å². The Morgan fingerprint density at radius 1 is 1.46 bits per heavy atom. The van der Waals surface area contributed by atoms with Crippen LogP contribution in [0.15, 0.2) is 11.3 Å². The van der Waals surface area contributed by atoms with Gasteiger partial charge in [0.15, 0.2) is 0 Å². The number of rotatable bonds is 6. The second-order valence-corrected chi connectivity index (χ2v) is 8.64. The molecule has 0 bridgehead atoms. The first kappa shape index (κ1) is 19.2. The Balaban J connectivity index is 1.77. The molecule has 0 aromatic heterocycles. The molecule has 3 heterocycles. The van der Waals surface area contributed by atoms with Crippen molar-refractivity contribution < 1.29 is 28.2 Å². The number of β-lactam (4-membered cyclic amide) rings is 1. The number of carbonyl (C=O) groups is 2. The van der Waals surface area contributed by atoms with Crippen LogP contribution in [0, 0.1) is 11.8 Å². The minimum absolute atomic E-state index is 0.00717. The summed E-state index contributed by atoms with van der Waals surface area (Å²) in [5.41, 5.74) is 0.627. The predicted molar refractivity (Wildman–Crippen MR) is 90.7 cm³/mol. The van der Waals surface area contributed by atoms with Crippen LogP contribution in [0.25, 0.3) is 0 Å². The SMILES string of the molecule is CC(O)C1C(=O)N2C(C(=O)O)=C(CN3CCC(NS(N)(=O)=O)C3)C(C)C12. The molecule has 0 saturated carbocycles. The number of carbonyl (C=O) groups excluding carboxylic acids is 1. The number of nitrogens with zero attached hydrogens (tertiary/aromatic N) is 2. The molecule has 0 aliphatic carbocycles. The summed E-state index contributed by atoms with van der Waals surface area (Å²) in [6.07, 6.45) is -0.265. The van der Waals surface area contributed by atoms with Crippen LogP contribution >= 0.6 is 0 Å². The highest BCUT2D eigenvalue weighted by molar-refractivity contribution is 7.87. The number of nitrogens with one attached hydrogen (secondary N) is 1. The fraction of sp³-hybridized carbons (Fsp3) is 0.733. The highest BCUT2D eigenvalue weighted by Crippen LogP contribution is 2.47. The number of hydrogen-bond acceptors (Lipinski definition) is 6. The van der Waals surface area contributed by atoms with E-state index in [0.29, 0.717) is 31.6 Å². The zero-order valence-corrected chi connectivity index (χ0v) is 15.4. The molecule has 1 amide bonds. The zero-order chi connectivity index (χ0) is 19.4. The van der Waals surface area contributed by atoms with Gasteiger partial charge < -0.3 is 15.1 Å². The van der Waals surface area contributed by atoms with Gasteiger partial charge in [0.2, 0.25) is 5.91 Å². The third kappa shape index (κ3) is 3.25. The van der Waals surface area contributed by atoms with Crippen molar-refractivity contribution in [3.8, 4) is 0 Å². The van der Waals surface area contributed by atoms with Crippen molar-refractivity contribution >= 4 is 22.1 Å². The Morgan fingerprint density at radius 3 is 2.65 bits per heavy atom. The largest absolute Gasteiger partial charge is 0.477 e. The summed E-state index contributed by atoms with van der Waals surface area (Å²) in [5, 5.41) is 24.4. The van der Waals surface area contributed by atoms with Gasteiger partial charge in [0.25, 0.3) is 10.2 Å². The Bertz CT molecular complexity index is 764. The molecule has 11 heteroatoms. The highest BCUT2D eigenvalue weighted by atomic mass is 32.2. The van der Waals surface area contributed by atoms with E-state index in [-0.39, 0.29) is 29.6 Å². The first-order chi connectivity index (χ1) is 12.0. The first-order valence-corrected chi connectivity index (χ1v) is 10.1. The number of carboxylic acids is 1. The standard InChI is InChI=1S/C15H24N4O6S/c1-7-10(6-18-4-3-9(5-18)17-26(16,24)25)13(15(22)23)19-12(7)11(8(2)20)14(19)21/h7-9,11-12,17,20H,3-6H2,1-2H3,(H,22,23)(H2,16,24,25). The molecule has 0 radical (unpaired) electrons. The zero-order valence-electron chi connectivity index (χ0n) is 14.6. The fourth-order valence-electron chi connectivity index (χ4n) is 4.40. The number of amides is 1. The number of hydrogen-bond donors (Lipinski definition) is 4. The molecule has 0 spiro atoms. The smallest absolute Gasteiger partial charge is 0.352 e. The highest BCUT2D eigenvalue weighted by Gasteiger charge is 2.59. The van der Waals surface area contributed by atoms with Gasteiger partial charge in [-0.05, 0) is 18.9 Å². The van der Waals surface area contributed by atoms with E-state index in [1.165, 1.54) is 11.8 Å². The molecular formula is C15H24N4O6S. The van der Waals surface area contributed by atoms with Crippen LogP contribution in [0.5, 0.6) is 0 Å². The van der Waals surface area contributed by atoms with Crippen LogP contribution in [0.3, 0.4) is 0 Å². The molecule has 146 valence electrons. The van der Waals surface area contributed by atoms with Crippen molar-refractivity contribution in [3.63, 3.8) is 0 Å². The van der Waals surface area contributed by atoms with E-state index >= 15 is 0 Å². The molecule has 26 heavy (non-hydrogen) atoms. The molecule has 3 aliphatic heterocycles.